The Morgan fingerprint density at radius 3 is 2.64 bits per heavy atom. The summed E-state index contributed by atoms with van der Waals surface area (Å²) in [4.78, 5) is 5.17. The zero-order chi connectivity index (χ0) is 16.6. The molecule has 0 radical (unpaired) electrons. The van der Waals surface area contributed by atoms with E-state index in [9.17, 15) is 0 Å². The van der Waals surface area contributed by atoms with Crippen LogP contribution in [0.4, 0.5) is 0 Å². The maximum Gasteiger partial charge on any atom is 0.0631 e. The van der Waals surface area contributed by atoms with Crippen molar-refractivity contribution in [3.8, 4) is 0 Å². The fourth-order valence-electron chi connectivity index (χ4n) is 4.54. The molecule has 1 aliphatic heterocycles. The first-order valence-corrected chi connectivity index (χ1v) is 9.62. The number of thioether (sulfide) groups is 1. The van der Waals surface area contributed by atoms with Crippen molar-refractivity contribution in [3.05, 3.63) is 83.6 Å². The van der Waals surface area contributed by atoms with E-state index in [1.54, 1.807) is 0 Å². The normalized spacial score (nSPS) is 23.6. The number of rotatable bonds is 0. The fourth-order valence-corrected chi connectivity index (χ4v) is 6.26. The van der Waals surface area contributed by atoms with Gasteiger partial charge in [-0.1, -0.05) is 73.7 Å². The average Bonchev–Trinajstić information content (AvgIpc) is 3.17. The minimum absolute atomic E-state index is 0.0396. The Morgan fingerprint density at radius 2 is 1.72 bits per heavy atom. The van der Waals surface area contributed by atoms with Gasteiger partial charge in [-0.05, 0) is 22.4 Å². The zero-order valence-electron chi connectivity index (χ0n) is 13.9. The summed E-state index contributed by atoms with van der Waals surface area (Å²) >= 11 is 2.02. The highest BCUT2D eigenvalue weighted by Crippen LogP contribution is 2.62. The molecular formula is C23H17NS. The van der Waals surface area contributed by atoms with Crippen molar-refractivity contribution in [2.75, 3.05) is 0 Å². The molecule has 1 aromatic heterocycles. The number of para-hydroxylation sites is 1. The monoisotopic (exact) mass is 339 g/mol. The van der Waals surface area contributed by atoms with E-state index in [-0.39, 0.29) is 5.41 Å². The van der Waals surface area contributed by atoms with E-state index in [1.165, 1.54) is 43.4 Å². The van der Waals surface area contributed by atoms with E-state index in [1.807, 2.05) is 11.8 Å². The van der Waals surface area contributed by atoms with Crippen molar-refractivity contribution >= 4 is 39.5 Å². The van der Waals surface area contributed by atoms with Gasteiger partial charge in [-0.15, -0.1) is 11.8 Å². The second-order valence-corrected chi connectivity index (χ2v) is 8.39. The van der Waals surface area contributed by atoms with Crippen LogP contribution in [0, 0.1) is 0 Å². The molecule has 2 heterocycles. The first-order valence-electron chi connectivity index (χ1n) is 8.74. The van der Waals surface area contributed by atoms with Gasteiger partial charge in [-0.3, -0.25) is 0 Å². The number of H-pyrrole nitrogens is 1. The van der Waals surface area contributed by atoms with Crippen LogP contribution in [0.25, 0.3) is 27.8 Å². The highest BCUT2D eigenvalue weighted by molar-refractivity contribution is 8.00. The van der Waals surface area contributed by atoms with Crippen LogP contribution in [-0.4, -0.2) is 4.98 Å². The van der Waals surface area contributed by atoms with Gasteiger partial charge >= 0.3 is 0 Å². The van der Waals surface area contributed by atoms with Crippen LogP contribution in [0.2, 0.25) is 0 Å². The van der Waals surface area contributed by atoms with E-state index in [0.717, 1.165) is 0 Å². The number of benzene rings is 3. The Bertz CT molecular complexity index is 1200. The lowest BCUT2D eigenvalue weighted by atomic mass is 9.74. The number of aromatic amines is 1. The molecule has 2 unspecified atom stereocenters. The number of hydrogen-bond acceptors (Lipinski definition) is 1. The first-order chi connectivity index (χ1) is 12.3. The smallest absolute Gasteiger partial charge is 0.0631 e. The van der Waals surface area contributed by atoms with Gasteiger partial charge < -0.3 is 4.98 Å². The second kappa shape index (κ2) is 4.59. The largest absolute Gasteiger partial charge is 0.357 e. The molecule has 0 spiro atoms. The van der Waals surface area contributed by atoms with Crippen LogP contribution in [0.15, 0.2) is 71.6 Å². The van der Waals surface area contributed by atoms with Gasteiger partial charge in [0.15, 0.2) is 0 Å². The standard InChI is InChI=1S/C23H17NS/c1-23-13-12-17-16-8-4-5-9-19(16)24-20(17)22(23)25-21-15-7-3-2-6-14(15)10-11-18(21)23/h2-13,22,24H,1H3. The van der Waals surface area contributed by atoms with Crippen LogP contribution in [0.3, 0.4) is 0 Å². The number of aromatic nitrogens is 1. The van der Waals surface area contributed by atoms with Crippen molar-refractivity contribution in [1.82, 2.24) is 4.98 Å². The third-order valence-corrected chi connectivity index (χ3v) is 7.51. The highest BCUT2D eigenvalue weighted by atomic mass is 32.2. The molecule has 0 amide bonds. The van der Waals surface area contributed by atoms with E-state index < -0.39 is 0 Å². The number of allylic oxidation sites excluding steroid dienone is 1. The number of fused-ring (bicyclic) bond motifs is 9. The molecule has 0 fully saturated rings. The topological polar surface area (TPSA) is 15.8 Å². The van der Waals surface area contributed by atoms with Crippen LogP contribution in [0.5, 0.6) is 0 Å². The van der Waals surface area contributed by atoms with Crippen molar-refractivity contribution < 1.29 is 0 Å². The minimum atomic E-state index is 0.0396. The molecule has 1 nitrogen and oxygen atoms in total. The van der Waals surface area contributed by atoms with Crippen LogP contribution >= 0.6 is 11.8 Å². The molecule has 4 aromatic rings. The quantitative estimate of drug-likeness (QED) is 0.389. The Morgan fingerprint density at radius 1 is 0.920 bits per heavy atom. The van der Waals surface area contributed by atoms with Crippen molar-refractivity contribution in [3.63, 3.8) is 0 Å². The van der Waals surface area contributed by atoms with Crippen LogP contribution in [0.1, 0.15) is 29.0 Å². The van der Waals surface area contributed by atoms with Gasteiger partial charge in [0.25, 0.3) is 0 Å². The summed E-state index contributed by atoms with van der Waals surface area (Å²) < 4.78 is 0. The molecule has 3 aromatic carbocycles. The predicted molar refractivity (Wildman–Crippen MR) is 107 cm³/mol. The third kappa shape index (κ3) is 1.65. The van der Waals surface area contributed by atoms with Gasteiger partial charge in [0, 0.05) is 32.5 Å². The van der Waals surface area contributed by atoms with Crippen LogP contribution in [-0.2, 0) is 5.41 Å². The molecule has 1 aliphatic carbocycles. The van der Waals surface area contributed by atoms with Gasteiger partial charge in [0.1, 0.15) is 0 Å². The molecule has 2 heteroatoms. The third-order valence-electron chi connectivity index (χ3n) is 5.88. The second-order valence-electron chi connectivity index (χ2n) is 7.28. The van der Waals surface area contributed by atoms with Gasteiger partial charge in [-0.25, -0.2) is 0 Å². The van der Waals surface area contributed by atoms with E-state index >= 15 is 0 Å². The molecule has 0 saturated heterocycles. The van der Waals surface area contributed by atoms with Crippen LogP contribution < -0.4 is 0 Å². The SMILES string of the molecule is CC12C=Cc3c([nH]c4ccccc34)C1Sc1c2ccc2ccccc12. The summed E-state index contributed by atoms with van der Waals surface area (Å²) in [6, 6.07) is 22.0. The Balaban J connectivity index is 1.64. The first kappa shape index (κ1) is 13.8. The lowest BCUT2D eigenvalue weighted by Gasteiger charge is -2.31. The van der Waals surface area contributed by atoms with Gasteiger partial charge in [0.05, 0.1) is 5.25 Å². The molecule has 2 atom stereocenters. The molecular weight excluding hydrogens is 322 g/mol. The van der Waals surface area contributed by atoms with E-state index in [2.05, 4.69) is 84.7 Å². The Hall–Kier alpha value is -2.45. The van der Waals surface area contributed by atoms with Gasteiger partial charge in [0.2, 0.25) is 0 Å². The summed E-state index contributed by atoms with van der Waals surface area (Å²) in [7, 11) is 0. The molecule has 6 rings (SSSR count). The maximum absolute atomic E-state index is 3.72. The summed E-state index contributed by atoms with van der Waals surface area (Å²) in [6.07, 6.45) is 4.75. The highest BCUT2D eigenvalue weighted by Gasteiger charge is 2.47. The number of nitrogens with one attached hydrogen (secondary N) is 1. The molecule has 0 saturated carbocycles. The van der Waals surface area contributed by atoms with E-state index in [4.69, 9.17) is 0 Å². The zero-order valence-corrected chi connectivity index (χ0v) is 14.7. The summed E-state index contributed by atoms with van der Waals surface area (Å²) in [5.41, 5.74) is 5.47. The molecule has 120 valence electrons. The minimum Gasteiger partial charge on any atom is -0.357 e. The number of hydrogen-bond donors (Lipinski definition) is 1. The van der Waals surface area contributed by atoms with Gasteiger partial charge in [-0.2, -0.15) is 0 Å². The van der Waals surface area contributed by atoms with Crippen molar-refractivity contribution in [1.29, 1.82) is 0 Å². The summed E-state index contributed by atoms with van der Waals surface area (Å²) in [5.74, 6) is 0. The molecule has 25 heavy (non-hydrogen) atoms. The lowest BCUT2D eigenvalue weighted by Crippen LogP contribution is -2.25. The Labute approximate surface area is 150 Å². The average molecular weight is 339 g/mol. The fraction of sp³-hybridized carbons (Fsp3) is 0.130. The van der Waals surface area contributed by atoms with E-state index in [0.29, 0.717) is 5.25 Å². The molecule has 1 N–H and O–H groups in total. The molecule has 2 aliphatic rings. The molecule has 0 bridgehead atoms. The lowest BCUT2D eigenvalue weighted by molar-refractivity contribution is 0.576. The summed E-state index contributed by atoms with van der Waals surface area (Å²) in [6.45, 7) is 2.39. The maximum atomic E-state index is 3.72. The van der Waals surface area contributed by atoms with Crippen molar-refractivity contribution in [2.45, 2.75) is 22.5 Å². The van der Waals surface area contributed by atoms with Crippen molar-refractivity contribution in [2.24, 2.45) is 0 Å². The Kier molecular flexibility index (Phi) is 2.53. The predicted octanol–water partition coefficient (Wildman–Crippen LogP) is 6.45. The summed E-state index contributed by atoms with van der Waals surface area (Å²) in [5, 5.41) is 4.45.